The molecule has 2 fully saturated rings. The summed E-state index contributed by atoms with van der Waals surface area (Å²) in [6.07, 6.45) is 7.47. The first kappa shape index (κ1) is 19.3. The molecule has 4 rings (SSSR count). The number of phenolic OH excluding ortho intramolecular Hbond substituents is 1. The monoisotopic (exact) mass is 456 g/mol. The summed E-state index contributed by atoms with van der Waals surface area (Å²) >= 11 is 4.77. The Labute approximate surface area is 177 Å². The molecule has 0 radical (unpaired) electrons. The van der Waals surface area contributed by atoms with Crippen LogP contribution < -0.4 is 0 Å². The summed E-state index contributed by atoms with van der Waals surface area (Å²) in [5, 5.41) is 10.5. The lowest BCUT2D eigenvalue weighted by Crippen LogP contribution is -2.40. The lowest BCUT2D eigenvalue weighted by molar-refractivity contribution is -0.124. The number of nitrogens with zero attached hydrogens (tertiary/aromatic N) is 2. The number of halogens is 1. The minimum absolute atomic E-state index is 0.0239. The van der Waals surface area contributed by atoms with E-state index in [0.29, 0.717) is 9.38 Å². The first-order chi connectivity index (χ1) is 13.6. The molecule has 0 spiro atoms. The van der Waals surface area contributed by atoms with E-state index in [1.807, 2.05) is 47.4 Å². The van der Waals surface area contributed by atoms with E-state index in [-0.39, 0.29) is 17.7 Å². The SMILES string of the molecule is O=C1/C(=C/c2ccc(O)c(Br)c2)SC(=Nc2ccccc2)N1C1CCCCC1. The minimum atomic E-state index is 0.0239. The Morgan fingerprint density at radius 3 is 2.57 bits per heavy atom. The molecule has 0 atom stereocenters. The summed E-state index contributed by atoms with van der Waals surface area (Å²) < 4.78 is 0.611. The molecule has 1 aliphatic heterocycles. The molecule has 144 valence electrons. The van der Waals surface area contributed by atoms with E-state index >= 15 is 0 Å². The Morgan fingerprint density at radius 1 is 1.11 bits per heavy atom. The van der Waals surface area contributed by atoms with Crippen LogP contribution in [0.4, 0.5) is 5.69 Å². The number of para-hydroxylation sites is 1. The Balaban J connectivity index is 1.69. The van der Waals surface area contributed by atoms with Crippen molar-refractivity contribution in [2.45, 2.75) is 38.1 Å². The van der Waals surface area contributed by atoms with Gasteiger partial charge in [-0.25, -0.2) is 4.99 Å². The van der Waals surface area contributed by atoms with Crippen LogP contribution in [0.2, 0.25) is 0 Å². The number of rotatable bonds is 3. The Morgan fingerprint density at radius 2 is 1.86 bits per heavy atom. The average Bonchev–Trinajstić information content (AvgIpc) is 3.01. The highest BCUT2D eigenvalue weighted by Crippen LogP contribution is 2.39. The van der Waals surface area contributed by atoms with E-state index in [1.54, 1.807) is 12.1 Å². The molecular formula is C22H21BrN2O2S. The van der Waals surface area contributed by atoms with Crippen molar-refractivity contribution in [2.75, 3.05) is 0 Å². The number of benzene rings is 2. The fourth-order valence-electron chi connectivity index (χ4n) is 3.60. The third-order valence-corrected chi connectivity index (χ3v) is 6.65. The van der Waals surface area contributed by atoms with Crippen LogP contribution in [0.1, 0.15) is 37.7 Å². The summed E-state index contributed by atoms with van der Waals surface area (Å²) in [6.45, 7) is 0. The zero-order chi connectivity index (χ0) is 19.5. The third-order valence-electron chi connectivity index (χ3n) is 5.03. The summed E-state index contributed by atoms with van der Waals surface area (Å²) in [7, 11) is 0. The van der Waals surface area contributed by atoms with Crippen LogP contribution in [0, 0.1) is 0 Å². The minimum Gasteiger partial charge on any atom is -0.507 e. The van der Waals surface area contributed by atoms with Gasteiger partial charge in [0.1, 0.15) is 5.75 Å². The zero-order valence-electron chi connectivity index (χ0n) is 15.3. The van der Waals surface area contributed by atoms with Crippen LogP contribution in [0.3, 0.4) is 0 Å². The average molecular weight is 457 g/mol. The van der Waals surface area contributed by atoms with Crippen molar-refractivity contribution in [1.29, 1.82) is 0 Å². The Bertz CT molecular complexity index is 937. The zero-order valence-corrected chi connectivity index (χ0v) is 17.7. The second kappa shape index (κ2) is 8.53. The number of amides is 1. The number of aromatic hydroxyl groups is 1. The molecule has 1 heterocycles. The van der Waals surface area contributed by atoms with Gasteiger partial charge in [0.05, 0.1) is 15.1 Å². The molecule has 1 saturated heterocycles. The van der Waals surface area contributed by atoms with Gasteiger partial charge in [-0.15, -0.1) is 0 Å². The highest BCUT2D eigenvalue weighted by molar-refractivity contribution is 9.10. The lowest BCUT2D eigenvalue weighted by Gasteiger charge is -2.30. The van der Waals surface area contributed by atoms with E-state index < -0.39 is 0 Å². The molecule has 1 N–H and O–H groups in total. The number of carbonyl (C=O) groups is 1. The molecule has 2 aliphatic rings. The quantitative estimate of drug-likeness (QED) is 0.568. The van der Waals surface area contributed by atoms with E-state index in [9.17, 15) is 9.90 Å². The van der Waals surface area contributed by atoms with Gasteiger partial charge in [0.15, 0.2) is 5.17 Å². The van der Waals surface area contributed by atoms with Crippen molar-refractivity contribution >= 4 is 50.5 Å². The number of aliphatic imine (C=N–C) groups is 1. The number of carbonyl (C=O) groups excluding carboxylic acids is 1. The molecular weight excluding hydrogens is 436 g/mol. The smallest absolute Gasteiger partial charge is 0.267 e. The first-order valence-corrected chi connectivity index (χ1v) is 11.1. The van der Waals surface area contributed by atoms with Gasteiger partial charge in [0.25, 0.3) is 5.91 Å². The van der Waals surface area contributed by atoms with Gasteiger partial charge in [0.2, 0.25) is 0 Å². The number of thioether (sulfide) groups is 1. The second-order valence-electron chi connectivity index (χ2n) is 7.02. The van der Waals surface area contributed by atoms with Crippen molar-refractivity contribution < 1.29 is 9.90 Å². The molecule has 0 unspecified atom stereocenters. The van der Waals surface area contributed by atoms with Crippen LogP contribution in [-0.2, 0) is 4.79 Å². The van der Waals surface area contributed by atoms with Gasteiger partial charge in [-0.2, -0.15) is 0 Å². The molecule has 1 aliphatic carbocycles. The van der Waals surface area contributed by atoms with Crippen molar-refractivity contribution in [3.05, 3.63) is 63.5 Å². The lowest BCUT2D eigenvalue weighted by atomic mass is 9.94. The molecule has 2 aromatic rings. The molecule has 1 saturated carbocycles. The predicted octanol–water partition coefficient (Wildman–Crippen LogP) is 6.09. The molecule has 0 bridgehead atoms. The third kappa shape index (κ3) is 4.18. The highest BCUT2D eigenvalue weighted by Gasteiger charge is 2.38. The van der Waals surface area contributed by atoms with Gasteiger partial charge >= 0.3 is 0 Å². The number of hydrogen-bond donors (Lipinski definition) is 1. The van der Waals surface area contributed by atoms with Crippen LogP contribution in [-0.4, -0.2) is 27.1 Å². The molecule has 28 heavy (non-hydrogen) atoms. The van der Waals surface area contributed by atoms with Gasteiger partial charge in [0, 0.05) is 6.04 Å². The summed E-state index contributed by atoms with van der Waals surface area (Å²) in [5.41, 5.74) is 1.72. The van der Waals surface area contributed by atoms with Crippen LogP contribution in [0.25, 0.3) is 6.08 Å². The van der Waals surface area contributed by atoms with Crippen molar-refractivity contribution in [3.63, 3.8) is 0 Å². The predicted molar refractivity (Wildman–Crippen MR) is 119 cm³/mol. The summed E-state index contributed by atoms with van der Waals surface area (Å²) in [5.74, 6) is 0.207. The summed E-state index contributed by atoms with van der Waals surface area (Å²) in [4.78, 5) is 20.6. The van der Waals surface area contributed by atoms with Crippen molar-refractivity contribution in [3.8, 4) is 5.75 Å². The highest BCUT2D eigenvalue weighted by atomic mass is 79.9. The maximum absolute atomic E-state index is 13.3. The largest absolute Gasteiger partial charge is 0.507 e. The van der Waals surface area contributed by atoms with Crippen LogP contribution in [0.15, 0.2) is 62.9 Å². The molecule has 2 aromatic carbocycles. The first-order valence-electron chi connectivity index (χ1n) is 9.47. The van der Waals surface area contributed by atoms with Gasteiger partial charge in [-0.3, -0.25) is 9.69 Å². The molecule has 4 nitrogen and oxygen atoms in total. The van der Waals surface area contributed by atoms with Gasteiger partial charge < -0.3 is 5.11 Å². The maximum atomic E-state index is 13.3. The summed E-state index contributed by atoms with van der Waals surface area (Å²) in [6, 6.07) is 15.2. The maximum Gasteiger partial charge on any atom is 0.267 e. The Hall–Kier alpha value is -2.05. The van der Waals surface area contributed by atoms with E-state index in [4.69, 9.17) is 4.99 Å². The fraction of sp³-hybridized carbons (Fsp3) is 0.273. The van der Waals surface area contributed by atoms with E-state index in [1.165, 1.54) is 18.2 Å². The standard InChI is InChI=1S/C22H21BrN2O2S/c23-18-13-15(11-12-19(18)26)14-20-21(27)25(17-9-5-2-6-10-17)22(28-20)24-16-7-3-1-4-8-16/h1,3-4,7-8,11-14,17,26H,2,5-6,9-10H2/b20-14-,24-22?. The number of amidine groups is 1. The molecule has 6 heteroatoms. The molecule has 1 amide bonds. The number of phenols is 1. The topological polar surface area (TPSA) is 52.9 Å². The van der Waals surface area contributed by atoms with E-state index in [0.717, 1.165) is 42.1 Å². The second-order valence-corrected chi connectivity index (χ2v) is 8.88. The fourth-order valence-corrected chi connectivity index (χ4v) is 5.06. The van der Waals surface area contributed by atoms with Gasteiger partial charge in [-0.05, 0) is 76.4 Å². The Kier molecular flexibility index (Phi) is 5.87. The van der Waals surface area contributed by atoms with Gasteiger partial charge in [-0.1, -0.05) is 43.5 Å². The number of hydrogen-bond acceptors (Lipinski definition) is 4. The van der Waals surface area contributed by atoms with E-state index in [2.05, 4.69) is 15.9 Å². The van der Waals surface area contributed by atoms with Crippen molar-refractivity contribution in [1.82, 2.24) is 4.90 Å². The normalized spacial score (nSPS) is 21.0. The van der Waals surface area contributed by atoms with Crippen LogP contribution >= 0.6 is 27.7 Å². The van der Waals surface area contributed by atoms with Crippen LogP contribution in [0.5, 0.6) is 5.75 Å². The molecule has 0 aromatic heterocycles. The van der Waals surface area contributed by atoms with Crippen molar-refractivity contribution in [2.24, 2.45) is 4.99 Å².